The fourth-order valence-electron chi connectivity index (χ4n) is 3.74. The molecule has 0 aromatic heterocycles. The molecule has 5 N–H and O–H groups in total. The van der Waals surface area contributed by atoms with Crippen LogP contribution in [0.3, 0.4) is 0 Å². The molecule has 8 nitrogen and oxygen atoms in total. The number of hydrogen-bond acceptors (Lipinski definition) is 8. The molecule has 1 aliphatic heterocycles. The van der Waals surface area contributed by atoms with Gasteiger partial charge in [0.15, 0.2) is 0 Å². The Morgan fingerprint density at radius 2 is 1.72 bits per heavy atom. The van der Waals surface area contributed by atoms with Crippen LogP contribution in [0.2, 0.25) is 5.02 Å². The Labute approximate surface area is 221 Å². The summed E-state index contributed by atoms with van der Waals surface area (Å²) in [5, 5.41) is 31.6. The molecule has 0 amide bonds. The number of ether oxygens (including phenoxy) is 2. The van der Waals surface area contributed by atoms with Crippen LogP contribution in [0, 0.1) is 0 Å². The van der Waals surface area contributed by atoms with Gasteiger partial charge in [0.2, 0.25) is 0 Å². The number of aliphatic hydroxyl groups is 3. The van der Waals surface area contributed by atoms with Crippen LogP contribution in [0.4, 0.5) is 0 Å². The molecular weight excluding hydrogens is 505 g/mol. The highest BCUT2D eigenvalue weighted by Gasteiger charge is 2.25. The van der Waals surface area contributed by atoms with Crippen molar-refractivity contribution in [2.75, 3.05) is 32.2 Å². The molecule has 0 saturated carbocycles. The van der Waals surface area contributed by atoms with Crippen LogP contribution < -0.4 is 20.4 Å². The van der Waals surface area contributed by atoms with Crippen LogP contribution in [0.15, 0.2) is 66.5 Å². The minimum absolute atomic E-state index is 0.0721. The molecule has 0 spiro atoms. The third kappa shape index (κ3) is 6.85. The highest BCUT2D eigenvalue weighted by Crippen LogP contribution is 2.36. The normalized spacial score (nSPS) is 15.5. The molecule has 0 bridgehead atoms. The van der Waals surface area contributed by atoms with Crippen LogP contribution >= 0.6 is 23.2 Å². The van der Waals surface area contributed by atoms with E-state index in [0.29, 0.717) is 27.9 Å². The highest BCUT2D eigenvalue weighted by molar-refractivity contribution is 6.32. The Morgan fingerprint density at radius 3 is 2.33 bits per heavy atom. The first-order valence-electron chi connectivity index (χ1n) is 11.5. The van der Waals surface area contributed by atoms with Crippen LogP contribution in [0.25, 0.3) is 0 Å². The number of β-amino-alcohol motifs (C(OH)–C–C–N with tert-alkyl or cyclic N) is 1. The Bertz CT molecular complexity index is 1060. The van der Waals surface area contributed by atoms with Crippen molar-refractivity contribution in [2.24, 2.45) is 0 Å². The smallest absolute Gasteiger partial charge is 0.138 e. The van der Waals surface area contributed by atoms with Gasteiger partial charge in [0.1, 0.15) is 36.9 Å². The average molecular weight is 538 g/mol. The standard InChI is InChI=1S/C26H33Cl2N3O5/c1-4-23-24(14-32)31(30-29-23)13-20(34)16-35-21-8-5-17(6-9-21)26(2,3)18-7-10-25(22(28)11-18)36-15-19(33)12-27/h4-11,19-20,29-30,32-34H,1,12-16H2,2-3H3/t19-,20-/m0/s1. The van der Waals surface area contributed by atoms with Crippen molar-refractivity contribution in [2.45, 2.75) is 31.5 Å². The second-order valence-corrected chi connectivity index (χ2v) is 9.66. The molecule has 10 heteroatoms. The Kier molecular flexibility index (Phi) is 9.90. The number of benzene rings is 2. The summed E-state index contributed by atoms with van der Waals surface area (Å²) in [6.45, 7) is 8.06. The molecule has 0 radical (unpaired) electrons. The van der Waals surface area contributed by atoms with Gasteiger partial charge >= 0.3 is 0 Å². The number of nitrogens with one attached hydrogen (secondary N) is 2. The molecule has 2 aromatic carbocycles. The minimum atomic E-state index is -0.797. The third-order valence-corrected chi connectivity index (χ3v) is 6.64. The molecule has 0 unspecified atom stereocenters. The summed E-state index contributed by atoms with van der Waals surface area (Å²) in [5.74, 6) is 1.21. The topological polar surface area (TPSA) is 106 Å². The monoisotopic (exact) mass is 537 g/mol. The van der Waals surface area contributed by atoms with Gasteiger partial charge < -0.3 is 30.2 Å². The molecule has 1 aliphatic rings. The van der Waals surface area contributed by atoms with Crippen LogP contribution in [-0.4, -0.2) is 64.8 Å². The zero-order chi connectivity index (χ0) is 26.3. The molecule has 36 heavy (non-hydrogen) atoms. The lowest BCUT2D eigenvalue weighted by Crippen LogP contribution is -2.44. The first kappa shape index (κ1) is 28.1. The maximum absolute atomic E-state index is 10.4. The van der Waals surface area contributed by atoms with E-state index >= 15 is 0 Å². The van der Waals surface area contributed by atoms with E-state index in [1.165, 1.54) is 0 Å². The van der Waals surface area contributed by atoms with Gasteiger partial charge in [-0.05, 0) is 41.5 Å². The van der Waals surface area contributed by atoms with Gasteiger partial charge in [-0.25, -0.2) is 0 Å². The summed E-state index contributed by atoms with van der Waals surface area (Å²) < 4.78 is 11.3. The van der Waals surface area contributed by atoms with Gasteiger partial charge in [-0.15, -0.1) is 17.1 Å². The number of rotatable bonds is 13. The van der Waals surface area contributed by atoms with Gasteiger partial charge in [-0.2, -0.15) is 0 Å². The summed E-state index contributed by atoms with van der Waals surface area (Å²) in [5.41, 5.74) is 8.74. The average Bonchev–Trinajstić information content (AvgIpc) is 3.27. The second kappa shape index (κ2) is 12.7. The van der Waals surface area contributed by atoms with Crippen LogP contribution in [0.5, 0.6) is 11.5 Å². The largest absolute Gasteiger partial charge is 0.491 e. The van der Waals surface area contributed by atoms with E-state index in [2.05, 4.69) is 31.4 Å². The van der Waals surface area contributed by atoms with Crippen molar-refractivity contribution >= 4 is 23.2 Å². The molecule has 3 rings (SSSR count). The number of hydrogen-bond donors (Lipinski definition) is 5. The van der Waals surface area contributed by atoms with Crippen molar-refractivity contribution < 1.29 is 24.8 Å². The maximum Gasteiger partial charge on any atom is 0.138 e. The minimum Gasteiger partial charge on any atom is -0.491 e. The molecule has 0 saturated heterocycles. The number of halogens is 2. The summed E-state index contributed by atoms with van der Waals surface area (Å²) in [7, 11) is 0. The van der Waals surface area contributed by atoms with E-state index in [4.69, 9.17) is 32.7 Å². The van der Waals surface area contributed by atoms with Gasteiger partial charge in [-0.3, -0.25) is 5.01 Å². The van der Waals surface area contributed by atoms with Crippen LogP contribution in [0.1, 0.15) is 25.0 Å². The van der Waals surface area contributed by atoms with Crippen LogP contribution in [-0.2, 0) is 5.41 Å². The summed E-state index contributed by atoms with van der Waals surface area (Å²) in [4.78, 5) is 0. The van der Waals surface area contributed by atoms with Crippen molar-refractivity contribution in [3.8, 4) is 11.5 Å². The first-order valence-corrected chi connectivity index (χ1v) is 12.4. The number of hydrazine groups is 2. The molecule has 0 fully saturated rings. The molecule has 2 atom stereocenters. The molecule has 2 aromatic rings. The number of allylic oxidation sites excluding steroid dienone is 1. The summed E-state index contributed by atoms with van der Waals surface area (Å²) in [6, 6.07) is 13.3. The lowest BCUT2D eigenvalue weighted by molar-refractivity contribution is 0.0600. The van der Waals surface area contributed by atoms with Gasteiger partial charge in [-0.1, -0.05) is 50.2 Å². The summed E-state index contributed by atoms with van der Waals surface area (Å²) >= 11 is 12.0. The van der Waals surface area contributed by atoms with Crippen molar-refractivity contribution in [1.82, 2.24) is 16.0 Å². The molecular formula is C26H33Cl2N3O5. The van der Waals surface area contributed by atoms with Gasteiger partial charge in [0.25, 0.3) is 0 Å². The number of alkyl halides is 1. The summed E-state index contributed by atoms with van der Waals surface area (Å²) in [6.07, 6.45) is 0.0406. The lowest BCUT2D eigenvalue weighted by atomic mass is 9.78. The van der Waals surface area contributed by atoms with E-state index in [9.17, 15) is 15.3 Å². The fourth-order valence-corrected chi connectivity index (χ4v) is 4.06. The molecule has 196 valence electrons. The van der Waals surface area contributed by atoms with Crippen molar-refractivity contribution in [1.29, 1.82) is 0 Å². The molecule has 0 aliphatic carbocycles. The second-order valence-electron chi connectivity index (χ2n) is 8.95. The van der Waals surface area contributed by atoms with Gasteiger partial charge in [0.05, 0.1) is 35.4 Å². The number of aliphatic hydroxyl groups excluding tert-OH is 3. The fraction of sp³-hybridized carbons (Fsp3) is 0.385. The van der Waals surface area contributed by atoms with E-state index in [1.807, 2.05) is 36.4 Å². The Morgan fingerprint density at radius 1 is 1.06 bits per heavy atom. The lowest BCUT2D eigenvalue weighted by Gasteiger charge is -2.27. The predicted octanol–water partition coefficient (Wildman–Crippen LogP) is 3.10. The van der Waals surface area contributed by atoms with Crippen molar-refractivity contribution in [3.05, 3.63) is 82.7 Å². The van der Waals surface area contributed by atoms with E-state index in [0.717, 1.165) is 11.1 Å². The highest BCUT2D eigenvalue weighted by atomic mass is 35.5. The maximum atomic E-state index is 10.4. The van der Waals surface area contributed by atoms with Gasteiger partial charge in [0, 0.05) is 5.41 Å². The third-order valence-electron chi connectivity index (χ3n) is 5.99. The zero-order valence-electron chi connectivity index (χ0n) is 20.4. The SMILES string of the molecule is C=CC1=C(CO)N(C[C@H](O)COc2ccc(C(C)(C)c3ccc(OC[C@@H](O)CCl)c(Cl)c3)cc2)NN1. The zero-order valence-corrected chi connectivity index (χ0v) is 21.9. The predicted molar refractivity (Wildman–Crippen MR) is 141 cm³/mol. The van der Waals surface area contributed by atoms with E-state index < -0.39 is 12.2 Å². The molecule has 1 heterocycles. The Balaban J connectivity index is 1.59. The Hall–Kier alpha value is -2.46. The quantitative estimate of drug-likeness (QED) is 0.248. The van der Waals surface area contributed by atoms with Crippen molar-refractivity contribution in [3.63, 3.8) is 0 Å². The number of nitrogens with zero attached hydrogens (tertiary/aromatic N) is 1. The first-order chi connectivity index (χ1) is 17.2. The van der Waals surface area contributed by atoms with E-state index in [1.54, 1.807) is 17.2 Å². The van der Waals surface area contributed by atoms with E-state index in [-0.39, 0.29) is 37.7 Å².